The summed E-state index contributed by atoms with van der Waals surface area (Å²) in [6, 6.07) is 0. The molecular formula is C12H18Cl2N2O. The molecule has 0 bridgehead atoms. The van der Waals surface area contributed by atoms with Gasteiger partial charge in [0, 0.05) is 31.0 Å². The molecule has 96 valence electrons. The number of hydrogen-bond acceptors (Lipinski definition) is 3. The van der Waals surface area contributed by atoms with Crippen LogP contribution >= 0.6 is 23.2 Å². The molecule has 0 fully saturated rings. The first-order chi connectivity index (χ1) is 7.81. The average Bonchev–Trinajstić information content (AvgIpc) is 2.15. The topological polar surface area (TPSA) is 45.1 Å². The molecule has 5 heteroatoms. The molecule has 1 aromatic rings. The molecule has 1 atom stereocenters. The van der Waals surface area contributed by atoms with Gasteiger partial charge in [-0.2, -0.15) is 0 Å². The number of rotatable bonds is 4. The molecule has 0 amide bonds. The van der Waals surface area contributed by atoms with Gasteiger partial charge in [0.1, 0.15) is 0 Å². The van der Waals surface area contributed by atoms with Gasteiger partial charge in [0.2, 0.25) is 0 Å². The molecule has 0 aliphatic carbocycles. The van der Waals surface area contributed by atoms with Gasteiger partial charge >= 0.3 is 0 Å². The quantitative estimate of drug-likeness (QED) is 0.889. The van der Waals surface area contributed by atoms with Crippen LogP contribution in [0.5, 0.6) is 0 Å². The van der Waals surface area contributed by atoms with E-state index in [0.29, 0.717) is 22.2 Å². The Balaban J connectivity index is 2.61. The van der Waals surface area contributed by atoms with Crippen LogP contribution in [0.2, 0.25) is 10.0 Å². The number of aliphatic hydroxyl groups excluding tert-OH is 1. The van der Waals surface area contributed by atoms with Crippen molar-refractivity contribution < 1.29 is 5.11 Å². The molecule has 0 spiro atoms. The van der Waals surface area contributed by atoms with Gasteiger partial charge in [-0.3, -0.25) is 4.98 Å². The van der Waals surface area contributed by atoms with Gasteiger partial charge in [-0.05, 0) is 5.41 Å². The highest BCUT2D eigenvalue weighted by Crippen LogP contribution is 2.28. The van der Waals surface area contributed by atoms with Crippen molar-refractivity contribution in [2.75, 3.05) is 13.1 Å². The zero-order valence-electron chi connectivity index (χ0n) is 10.3. The van der Waals surface area contributed by atoms with Crippen LogP contribution in [0, 0.1) is 5.41 Å². The lowest BCUT2D eigenvalue weighted by Gasteiger charge is -2.21. The Kier molecular flexibility index (Phi) is 5.20. The fourth-order valence-corrected chi connectivity index (χ4v) is 2.04. The van der Waals surface area contributed by atoms with Crippen molar-refractivity contribution in [3.05, 3.63) is 28.0 Å². The fraction of sp³-hybridized carbons (Fsp3) is 0.583. The van der Waals surface area contributed by atoms with E-state index in [1.807, 2.05) is 0 Å². The van der Waals surface area contributed by atoms with E-state index in [9.17, 15) is 5.11 Å². The van der Waals surface area contributed by atoms with Crippen molar-refractivity contribution in [1.29, 1.82) is 0 Å². The van der Waals surface area contributed by atoms with Crippen LogP contribution in [0.1, 0.15) is 32.4 Å². The van der Waals surface area contributed by atoms with Crippen molar-refractivity contribution >= 4 is 23.2 Å². The van der Waals surface area contributed by atoms with Crippen molar-refractivity contribution in [1.82, 2.24) is 10.3 Å². The third-order valence-electron chi connectivity index (χ3n) is 2.22. The number of pyridine rings is 1. The van der Waals surface area contributed by atoms with Crippen molar-refractivity contribution in [3.63, 3.8) is 0 Å². The van der Waals surface area contributed by atoms with Crippen LogP contribution < -0.4 is 5.32 Å². The molecule has 1 rings (SSSR count). The minimum atomic E-state index is -0.722. The fourth-order valence-electron chi connectivity index (χ4n) is 1.43. The van der Waals surface area contributed by atoms with Gasteiger partial charge in [0.05, 0.1) is 16.1 Å². The molecule has 0 aliphatic rings. The maximum absolute atomic E-state index is 10.0. The lowest BCUT2D eigenvalue weighted by atomic mass is 9.97. The maximum atomic E-state index is 10.0. The largest absolute Gasteiger partial charge is 0.387 e. The molecule has 1 aromatic heterocycles. The van der Waals surface area contributed by atoms with Gasteiger partial charge in [0.15, 0.2) is 0 Å². The zero-order valence-corrected chi connectivity index (χ0v) is 11.8. The molecule has 1 unspecified atom stereocenters. The van der Waals surface area contributed by atoms with E-state index in [1.54, 1.807) is 0 Å². The highest BCUT2D eigenvalue weighted by Gasteiger charge is 2.17. The van der Waals surface area contributed by atoms with Crippen molar-refractivity contribution in [2.45, 2.75) is 26.9 Å². The Morgan fingerprint density at radius 2 is 1.82 bits per heavy atom. The summed E-state index contributed by atoms with van der Waals surface area (Å²) in [5, 5.41) is 14.0. The minimum Gasteiger partial charge on any atom is -0.387 e. The molecule has 3 nitrogen and oxygen atoms in total. The highest BCUT2D eigenvalue weighted by molar-refractivity contribution is 6.35. The van der Waals surface area contributed by atoms with E-state index in [2.05, 4.69) is 31.1 Å². The van der Waals surface area contributed by atoms with Gasteiger partial charge < -0.3 is 10.4 Å². The Labute approximate surface area is 112 Å². The van der Waals surface area contributed by atoms with E-state index in [-0.39, 0.29) is 5.41 Å². The number of hydrogen-bond donors (Lipinski definition) is 2. The molecular weight excluding hydrogens is 259 g/mol. The molecule has 17 heavy (non-hydrogen) atoms. The van der Waals surface area contributed by atoms with Crippen LogP contribution in [0.15, 0.2) is 12.4 Å². The summed E-state index contributed by atoms with van der Waals surface area (Å²) in [7, 11) is 0. The second kappa shape index (κ2) is 6.01. The van der Waals surface area contributed by atoms with E-state index in [4.69, 9.17) is 23.2 Å². The molecule has 2 N–H and O–H groups in total. The van der Waals surface area contributed by atoms with Gasteiger partial charge in [-0.25, -0.2) is 0 Å². The van der Waals surface area contributed by atoms with E-state index >= 15 is 0 Å². The summed E-state index contributed by atoms with van der Waals surface area (Å²) in [6.45, 7) is 7.60. The first-order valence-corrected chi connectivity index (χ1v) is 6.24. The number of aliphatic hydroxyl groups is 1. The van der Waals surface area contributed by atoms with Crippen molar-refractivity contribution in [3.8, 4) is 0 Å². The zero-order chi connectivity index (χ0) is 13.1. The SMILES string of the molecule is CC(C)(C)CNCC(O)c1c(Cl)cncc1Cl. The molecule has 0 aromatic carbocycles. The summed E-state index contributed by atoms with van der Waals surface area (Å²) in [4.78, 5) is 3.85. The molecule has 0 saturated heterocycles. The number of nitrogens with zero attached hydrogens (tertiary/aromatic N) is 1. The van der Waals surface area contributed by atoms with E-state index < -0.39 is 6.10 Å². The van der Waals surface area contributed by atoms with Crippen LogP contribution in [0.25, 0.3) is 0 Å². The van der Waals surface area contributed by atoms with Crippen LogP contribution in [-0.2, 0) is 0 Å². The molecule has 0 saturated carbocycles. The van der Waals surface area contributed by atoms with E-state index in [0.717, 1.165) is 6.54 Å². The third-order valence-corrected chi connectivity index (χ3v) is 2.82. The number of halogens is 2. The standard InChI is InChI=1S/C12H18Cl2N2O/c1-12(2,3)7-16-6-10(17)11-8(13)4-15-5-9(11)14/h4-5,10,16-17H,6-7H2,1-3H3. The van der Waals surface area contributed by atoms with Crippen LogP contribution in [-0.4, -0.2) is 23.2 Å². The average molecular weight is 277 g/mol. The van der Waals surface area contributed by atoms with Gasteiger partial charge in [-0.15, -0.1) is 0 Å². The van der Waals surface area contributed by atoms with Crippen LogP contribution in [0.4, 0.5) is 0 Å². The van der Waals surface area contributed by atoms with Gasteiger partial charge in [-0.1, -0.05) is 44.0 Å². The summed E-state index contributed by atoms with van der Waals surface area (Å²) in [6.07, 6.45) is 2.24. The summed E-state index contributed by atoms with van der Waals surface area (Å²) >= 11 is 11.9. The number of nitrogens with one attached hydrogen (secondary N) is 1. The highest BCUT2D eigenvalue weighted by atomic mass is 35.5. The first kappa shape index (κ1) is 14.7. The lowest BCUT2D eigenvalue weighted by molar-refractivity contribution is 0.170. The van der Waals surface area contributed by atoms with Crippen molar-refractivity contribution in [2.24, 2.45) is 5.41 Å². The second-order valence-corrected chi connectivity index (χ2v) is 6.04. The molecule has 0 radical (unpaired) electrons. The second-order valence-electron chi connectivity index (χ2n) is 5.22. The Bertz CT molecular complexity index is 357. The molecule has 0 aliphatic heterocycles. The summed E-state index contributed by atoms with van der Waals surface area (Å²) in [5.41, 5.74) is 0.704. The smallest absolute Gasteiger partial charge is 0.0944 e. The lowest BCUT2D eigenvalue weighted by Crippen LogP contribution is -2.30. The Hall–Kier alpha value is -0.350. The Morgan fingerprint density at radius 3 is 2.29 bits per heavy atom. The monoisotopic (exact) mass is 276 g/mol. The maximum Gasteiger partial charge on any atom is 0.0944 e. The number of aromatic nitrogens is 1. The predicted octanol–water partition coefficient (Wildman–Crippen LogP) is 3.06. The normalized spacial score (nSPS) is 13.8. The van der Waals surface area contributed by atoms with E-state index in [1.165, 1.54) is 12.4 Å². The summed E-state index contributed by atoms with van der Waals surface area (Å²) < 4.78 is 0. The summed E-state index contributed by atoms with van der Waals surface area (Å²) in [5.74, 6) is 0. The Morgan fingerprint density at radius 1 is 1.29 bits per heavy atom. The van der Waals surface area contributed by atoms with Gasteiger partial charge in [0.25, 0.3) is 0 Å². The first-order valence-electron chi connectivity index (χ1n) is 5.49. The van der Waals surface area contributed by atoms with Crippen LogP contribution in [0.3, 0.4) is 0 Å². The third kappa shape index (κ3) is 4.80. The minimum absolute atomic E-state index is 0.172. The predicted molar refractivity (Wildman–Crippen MR) is 71.5 cm³/mol. The molecule has 1 heterocycles.